The zero-order valence-corrected chi connectivity index (χ0v) is 14.7. The van der Waals surface area contributed by atoms with Gasteiger partial charge in [0.15, 0.2) is 0 Å². The molecule has 0 atom stereocenters. The van der Waals surface area contributed by atoms with Crippen molar-refractivity contribution in [1.29, 1.82) is 0 Å². The number of carbonyl (C=O) groups is 1. The summed E-state index contributed by atoms with van der Waals surface area (Å²) >= 11 is 0. The molecule has 22 heavy (non-hydrogen) atoms. The van der Waals surface area contributed by atoms with Crippen LogP contribution in [-0.4, -0.2) is 37.0 Å². The van der Waals surface area contributed by atoms with E-state index in [-0.39, 0.29) is 30.7 Å². The molecule has 1 aliphatic heterocycles. The first-order chi connectivity index (χ1) is 9.72. The van der Waals surface area contributed by atoms with Gasteiger partial charge >= 0.3 is 0 Å². The average molecular weight is 352 g/mol. The summed E-state index contributed by atoms with van der Waals surface area (Å²) in [7, 11) is 0. The lowest BCUT2D eigenvalue weighted by Gasteiger charge is -2.30. The molecule has 1 fully saturated rings. The number of hydrogen-bond donors (Lipinski definition) is 2. The second kappa shape index (κ2) is 10.9. The number of furan rings is 1. The van der Waals surface area contributed by atoms with Crippen LogP contribution in [0.4, 0.5) is 0 Å². The molecule has 0 unspecified atom stereocenters. The van der Waals surface area contributed by atoms with Gasteiger partial charge < -0.3 is 20.4 Å². The molecule has 0 radical (unpaired) electrons. The Kier molecular flexibility index (Phi) is 10.5. The first kappa shape index (κ1) is 21.2. The second-order valence-corrected chi connectivity index (χ2v) is 5.43. The van der Waals surface area contributed by atoms with Crippen LogP contribution in [0.2, 0.25) is 0 Å². The molecule has 0 spiro atoms. The molecule has 0 bridgehead atoms. The highest BCUT2D eigenvalue weighted by atomic mass is 35.5. The molecule has 0 aliphatic carbocycles. The number of piperidine rings is 1. The molecule has 1 amide bonds. The van der Waals surface area contributed by atoms with Crippen molar-refractivity contribution >= 4 is 30.7 Å². The first-order valence-corrected chi connectivity index (χ1v) is 7.51. The van der Waals surface area contributed by atoms with Crippen LogP contribution in [0.15, 0.2) is 16.7 Å². The van der Waals surface area contributed by atoms with Gasteiger partial charge in [0.25, 0.3) is 5.91 Å². The fourth-order valence-corrected chi connectivity index (χ4v) is 2.69. The van der Waals surface area contributed by atoms with E-state index < -0.39 is 0 Å². The highest BCUT2D eigenvalue weighted by Crippen LogP contribution is 2.19. The van der Waals surface area contributed by atoms with E-state index in [1.807, 2.05) is 0 Å². The van der Waals surface area contributed by atoms with Gasteiger partial charge in [0, 0.05) is 6.54 Å². The van der Waals surface area contributed by atoms with Gasteiger partial charge in [-0.3, -0.25) is 4.79 Å². The first-order valence-electron chi connectivity index (χ1n) is 7.51. The smallest absolute Gasteiger partial charge is 0.254 e. The van der Waals surface area contributed by atoms with Gasteiger partial charge in [0.2, 0.25) is 0 Å². The molecule has 2 heterocycles. The third-order valence-electron chi connectivity index (χ3n) is 4.11. The van der Waals surface area contributed by atoms with Gasteiger partial charge in [0.1, 0.15) is 12.0 Å². The Hall–Kier alpha value is -0.750. The third-order valence-corrected chi connectivity index (χ3v) is 4.11. The summed E-state index contributed by atoms with van der Waals surface area (Å²) in [6.45, 7) is 6.80. The Morgan fingerprint density at radius 3 is 2.64 bits per heavy atom. The predicted molar refractivity (Wildman–Crippen MR) is 92.9 cm³/mol. The van der Waals surface area contributed by atoms with E-state index in [0.29, 0.717) is 17.9 Å². The Labute approximate surface area is 144 Å². The number of amides is 1. The largest absolute Gasteiger partial charge is 0.467 e. The van der Waals surface area contributed by atoms with Crippen molar-refractivity contribution in [2.75, 3.05) is 26.2 Å². The van der Waals surface area contributed by atoms with Crippen molar-refractivity contribution < 1.29 is 9.21 Å². The van der Waals surface area contributed by atoms with Crippen LogP contribution in [0, 0.1) is 5.92 Å². The van der Waals surface area contributed by atoms with Gasteiger partial charge in [-0.25, -0.2) is 0 Å². The lowest BCUT2D eigenvalue weighted by Crippen LogP contribution is -2.35. The van der Waals surface area contributed by atoms with Crippen molar-refractivity contribution in [2.45, 2.75) is 32.7 Å². The van der Waals surface area contributed by atoms with E-state index in [1.165, 1.54) is 32.2 Å². The maximum Gasteiger partial charge on any atom is 0.254 e. The van der Waals surface area contributed by atoms with Gasteiger partial charge in [-0.2, -0.15) is 0 Å². The number of nitrogens with zero attached hydrogens (tertiary/aromatic N) is 1. The lowest BCUT2D eigenvalue weighted by atomic mass is 9.93. The van der Waals surface area contributed by atoms with Crippen LogP contribution in [-0.2, 0) is 6.54 Å². The summed E-state index contributed by atoms with van der Waals surface area (Å²) < 4.78 is 5.16. The van der Waals surface area contributed by atoms with E-state index in [1.54, 1.807) is 6.07 Å². The second-order valence-electron chi connectivity index (χ2n) is 5.43. The average Bonchev–Trinajstić information content (AvgIpc) is 2.97. The zero-order valence-electron chi connectivity index (χ0n) is 13.0. The highest BCUT2D eigenvalue weighted by molar-refractivity contribution is 5.93. The van der Waals surface area contributed by atoms with Gasteiger partial charge in [0.05, 0.1) is 12.1 Å². The number of hydrogen-bond acceptors (Lipinski definition) is 4. The van der Waals surface area contributed by atoms with Crippen molar-refractivity contribution in [2.24, 2.45) is 11.7 Å². The zero-order chi connectivity index (χ0) is 14.4. The summed E-state index contributed by atoms with van der Waals surface area (Å²) in [5.41, 5.74) is 6.02. The molecular weight excluding hydrogens is 325 g/mol. The van der Waals surface area contributed by atoms with Gasteiger partial charge in [-0.15, -0.1) is 24.8 Å². The van der Waals surface area contributed by atoms with Crippen LogP contribution in [0.3, 0.4) is 0 Å². The number of halogens is 2. The quantitative estimate of drug-likeness (QED) is 0.825. The van der Waals surface area contributed by atoms with Crippen LogP contribution in [0.5, 0.6) is 0 Å². The molecule has 1 saturated heterocycles. The van der Waals surface area contributed by atoms with Crippen LogP contribution in [0.1, 0.15) is 42.3 Å². The number of nitrogens with two attached hydrogens (primary N) is 1. The van der Waals surface area contributed by atoms with E-state index in [4.69, 9.17) is 10.2 Å². The Balaban J connectivity index is 0.00000220. The summed E-state index contributed by atoms with van der Waals surface area (Å²) in [5.74, 6) is 1.31. The SMILES string of the molecule is CCN1CCC(CCNC(=O)c2coc(CN)c2)CC1.Cl.Cl. The van der Waals surface area contributed by atoms with E-state index in [9.17, 15) is 4.79 Å². The van der Waals surface area contributed by atoms with Crippen LogP contribution >= 0.6 is 24.8 Å². The maximum absolute atomic E-state index is 11.9. The minimum Gasteiger partial charge on any atom is -0.467 e. The van der Waals surface area contributed by atoms with Crippen LogP contribution in [0.25, 0.3) is 0 Å². The van der Waals surface area contributed by atoms with Gasteiger partial charge in [-0.1, -0.05) is 6.92 Å². The van der Waals surface area contributed by atoms with Gasteiger partial charge in [-0.05, 0) is 50.9 Å². The molecule has 5 nitrogen and oxygen atoms in total. The summed E-state index contributed by atoms with van der Waals surface area (Å²) in [5, 5.41) is 2.96. The number of carbonyl (C=O) groups excluding carboxylic acids is 1. The minimum absolute atomic E-state index is 0. The minimum atomic E-state index is -0.0700. The third kappa shape index (κ3) is 6.16. The number of rotatable bonds is 6. The summed E-state index contributed by atoms with van der Waals surface area (Å²) in [4.78, 5) is 14.4. The predicted octanol–water partition coefficient (Wildman–Crippen LogP) is 2.43. The standard InChI is InChI=1S/C15H25N3O2.2ClH/c1-2-18-7-4-12(5-8-18)3-6-17-15(19)13-9-14(10-16)20-11-13;;/h9,11-12H,2-8,10,16H2,1H3,(H,17,19);2*1H. The molecule has 1 aliphatic rings. The van der Waals surface area contributed by atoms with Crippen LogP contribution < -0.4 is 11.1 Å². The van der Waals surface area contributed by atoms with E-state index in [0.717, 1.165) is 25.4 Å². The van der Waals surface area contributed by atoms with Crippen molar-refractivity contribution in [3.8, 4) is 0 Å². The molecule has 3 N–H and O–H groups in total. The maximum atomic E-state index is 11.9. The molecule has 2 rings (SSSR count). The number of nitrogens with one attached hydrogen (secondary N) is 1. The monoisotopic (exact) mass is 351 g/mol. The molecule has 1 aromatic heterocycles. The molecule has 0 saturated carbocycles. The fraction of sp³-hybridized carbons (Fsp3) is 0.667. The van der Waals surface area contributed by atoms with Crippen molar-refractivity contribution in [3.63, 3.8) is 0 Å². The summed E-state index contributed by atoms with van der Waals surface area (Å²) in [6.07, 6.45) is 5.02. The number of likely N-dealkylation sites (tertiary alicyclic amines) is 1. The van der Waals surface area contributed by atoms with Crippen molar-refractivity contribution in [1.82, 2.24) is 10.2 Å². The Bertz CT molecular complexity index is 432. The molecular formula is C15H27Cl2N3O2. The topological polar surface area (TPSA) is 71.5 Å². The molecule has 7 heteroatoms. The normalized spacial score (nSPS) is 15.7. The fourth-order valence-electron chi connectivity index (χ4n) is 2.69. The summed E-state index contributed by atoms with van der Waals surface area (Å²) in [6, 6.07) is 1.70. The molecule has 1 aromatic rings. The van der Waals surface area contributed by atoms with Crippen molar-refractivity contribution in [3.05, 3.63) is 23.7 Å². The Morgan fingerprint density at radius 2 is 2.09 bits per heavy atom. The lowest BCUT2D eigenvalue weighted by molar-refractivity contribution is 0.0947. The Morgan fingerprint density at radius 1 is 1.41 bits per heavy atom. The molecule has 0 aromatic carbocycles. The highest BCUT2D eigenvalue weighted by Gasteiger charge is 2.18. The van der Waals surface area contributed by atoms with E-state index >= 15 is 0 Å². The molecule has 128 valence electrons. The van der Waals surface area contributed by atoms with E-state index in [2.05, 4.69) is 17.1 Å².